The number of hydrogen-bond acceptors (Lipinski definition) is 3. The van der Waals surface area contributed by atoms with Crippen LogP contribution in [0.25, 0.3) is 0 Å². The highest BCUT2D eigenvalue weighted by Crippen LogP contribution is 2.24. The van der Waals surface area contributed by atoms with Crippen molar-refractivity contribution in [2.24, 2.45) is 5.73 Å². The third kappa shape index (κ3) is 5.02. The zero-order valence-electron chi connectivity index (χ0n) is 11.7. The maximum absolute atomic E-state index is 12.0. The highest BCUT2D eigenvalue weighted by molar-refractivity contribution is 5.27. The molecule has 0 aliphatic heterocycles. The van der Waals surface area contributed by atoms with Crippen molar-refractivity contribution in [3.8, 4) is 5.75 Å². The average Bonchev–Trinajstić information content (AvgIpc) is 2.41. The zero-order valence-corrected chi connectivity index (χ0v) is 11.7. The monoisotopic (exact) mass is 291 g/mol. The molecular formula is C14H20F3NO2. The Kier molecular flexibility index (Phi) is 5.83. The van der Waals surface area contributed by atoms with Gasteiger partial charge in [0.05, 0.1) is 12.2 Å². The van der Waals surface area contributed by atoms with Gasteiger partial charge in [-0.15, -0.1) is 13.2 Å². The molecule has 20 heavy (non-hydrogen) atoms. The largest absolute Gasteiger partial charge is 0.573 e. The van der Waals surface area contributed by atoms with Crippen LogP contribution in [0.4, 0.5) is 13.2 Å². The van der Waals surface area contributed by atoms with Crippen LogP contribution in [0.3, 0.4) is 0 Å². The van der Waals surface area contributed by atoms with Crippen LogP contribution in [-0.4, -0.2) is 18.5 Å². The van der Waals surface area contributed by atoms with Crippen molar-refractivity contribution < 1.29 is 22.6 Å². The summed E-state index contributed by atoms with van der Waals surface area (Å²) in [6, 6.07) is 5.64. The average molecular weight is 291 g/mol. The molecule has 0 atom stereocenters. The van der Waals surface area contributed by atoms with E-state index in [1.165, 1.54) is 12.1 Å². The topological polar surface area (TPSA) is 44.5 Å². The van der Waals surface area contributed by atoms with Crippen LogP contribution in [0.2, 0.25) is 0 Å². The van der Waals surface area contributed by atoms with Crippen LogP contribution in [0.15, 0.2) is 24.3 Å². The summed E-state index contributed by atoms with van der Waals surface area (Å²) in [5.41, 5.74) is 6.12. The van der Waals surface area contributed by atoms with Crippen molar-refractivity contribution in [3.63, 3.8) is 0 Å². The third-order valence-electron chi connectivity index (χ3n) is 3.36. The summed E-state index contributed by atoms with van der Waals surface area (Å²) in [6.45, 7) is 4.72. The van der Waals surface area contributed by atoms with Gasteiger partial charge in [-0.1, -0.05) is 26.0 Å². The Morgan fingerprint density at radius 2 is 1.60 bits per heavy atom. The van der Waals surface area contributed by atoms with E-state index in [9.17, 15) is 13.2 Å². The summed E-state index contributed by atoms with van der Waals surface area (Å²) >= 11 is 0. The summed E-state index contributed by atoms with van der Waals surface area (Å²) in [5, 5.41) is 0. The van der Waals surface area contributed by atoms with Gasteiger partial charge in [0.15, 0.2) is 0 Å². The fraction of sp³-hybridized carbons (Fsp3) is 0.571. The Labute approximate surface area is 116 Å². The molecule has 0 fully saturated rings. The molecule has 0 spiro atoms. The number of halogens is 3. The van der Waals surface area contributed by atoms with Crippen LogP contribution in [0.5, 0.6) is 5.75 Å². The number of ether oxygens (including phenoxy) is 2. The summed E-state index contributed by atoms with van der Waals surface area (Å²) in [6.07, 6.45) is -3.10. The Balaban J connectivity index is 2.62. The lowest BCUT2D eigenvalue weighted by Crippen LogP contribution is -2.39. The van der Waals surface area contributed by atoms with Gasteiger partial charge in [-0.3, -0.25) is 0 Å². The SMILES string of the molecule is CCC(CC)(CN)OCc1ccc(OC(F)(F)F)cc1. The molecular weight excluding hydrogens is 271 g/mol. The molecule has 0 heterocycles. The fourth-order valence-corrected chi connectivity index (χ4v) is 1.83. The normalized spacial score (nSPS) is 12.5. The lowest BCUT2D eigenvalue weighted by molar-refractivity contribution is -0.274. The lowest BCUT2D eigenvalue weighted by Gasteiger charge is -2.30. The summed E-state index contributed by atoms with van der Waals surface area (Å²) in [7, 11) is 0. The molecule has 0 bridgehead atoms. The van der Waals surface area contributed by atoms with Crippen LogP contribution in [0.1, 0.15) is 32.3 Å². The molecule has 3 nitrogen and oxygen atoms in total. The molecule has 1 aromatic carbocycles. The van der Waals surface area contributed by atoms with E-state index < -0.39 is 6.36 Å². The minimum Gasteiger partial charge on any atom is -0.406 e. The maximum Gasteiger partial charge on any atom is 0.573 e. The van der Waals surface area contributed by atoms with Gasteiger partial charge in [-0.05, 0) is 30.5 Å². The van der Waals surface area contributed by atoms with E-state index >= 15 is 0 Å². The van der Waals surface area contributed by atoms with Crippen LogP contribution in [-0.2, 0) is 11.3 Å². The first kappa shape index (κ1) is 16.8. The van der Waals surface area contributed by atoms with E-state index in [2.05, 4.69) is 4.74 Å². The predicted molar refractivity (Wildman–Crippen MR) is 70.3 cm³/mol. The van der Waals surface area contributed by atoms with Gasteiger partial charge in [-0.25, -0.2) is 0 Å². The van der Waals surface area contributed by atoms with Gasteiger partial charge >= 0.3 is 6.36 Å². The first-order valence-corrected chi connectivity index (χ1v) is 6.53. The number of rotatable bonds is 7. The first-order valence-electron chi connectivity index (χ1n) is 6.53. The molecule has 2 N–H and O–H groups in total. The minimum atomic E-state index is -4.67. The Hall–Kier alpha value is -1.27. The molecule has 0 amide bonds. The molecule has 1 rings (SSSR count). The quantitative estimate of drug-likeness (QED) is 0.834. The van der Waals surface area contributed by atoms with Crippen molar-refractivity contribution in [2.45, 2.75) is 45.3 Å². The van der Waals surface area contributed by atoms with E-state index in [-0.39, 0.29) is 11.4 Å². The second-order valence-corrected chi connectivity index (χ2v) is 4.57. The molecule has 0 saturated heterocycles. The van der Waals surface area contributed by atoms with Crippen LogP contribution < -0.4 is 10.5 Å². The van der Waals surface area contributed by atoms with E-state index in [0.29, 0.717) is 13.2 Å². The highest BCUT2D eigenvalue weighted by atomic mass is 19.4. The van der Waals surface area contributed by atoms with E-state index in [1.54, 1.807) is 12.1 Å². The van der Waals surface area contributed by atoms with Gasteiger partial charge in [0.2, 0.25) is 0 Å². The Bertz CT molecular complexity index is 392. The van der Waals surface area contributed by atoms with Gasteiger partial charge < -0.3 is 15.2 Å². The van der Waals surface area contributed by atoms with Gasteiger partial charge in [-0.2, -0.15) is 0 Å². The summed E-state index contributed by atoms with van der Waals surface area (Å²) in [4.78, 5) is 0. The molecule has 0 radical (unpaired) electrons. The second-order valence-electron chi connectivity index (χ2n) is 4.57. The molecule has 1 aromatic rings. The predicted octanol–water partition coefficient (Wildman–Crippen LogP) is 3.62. The lowest BCUT2D eigenvalue weighted by atomic mass is 9.97. The van der Waals surface area contributed by atoms with Crippen molar-refractivity contribution >= 4 is 0 Å². The molecule has 0 saturated carbocycles. The number of nitrogens with two attached hydrogens (primary N) is 1. The van der Waals surface area contributed by atoms with Crippen molar-refractivity contribution in [2.75, 3.05) is 6.54 Å². The molecule has 0 aliphatic rings. The van der Waals surface area contributed by atoms with E-state index in [4.69, 9.17) is 10.5 Å². The second kappa shape index (κ2) is 6.95. The van der Waals surface area contributed by atoms with Crippen molar-refractivity contribution in [1.29, 1.82) is 0 Å². The van der Waals surface area contributed by atoms with E-state index in [0.717, 1.165) is 18.4 Å². The van der Waals surface area contributed by atoms with Crippen molar-refractivity contribution in [3.05, 3.63) is 29.8 Å². The van der Waals surface area contributed by atoms with Gasteiger partial charge in [0.1, 0.15) is 5.75 Å². The summed E-state index contributed by atoms with van der Waals surface area (Å²) in [5.74, 6) is -0.239. The van der Waals surface area contributed by atoms with E-state index in [1.807, 2.05) is 13.8 Å². The zero-order chi connectivity index (χ0) is 15.2. The highest BCUT2D eigenvalue weighted by Gasteiger charge is 2.31. The fourth-order valence-electron chi connectivity index (χ4n) is 1.83. The smallest absolute Gasteiger partial charge is 0.406 e. The Morgan fingerprint density at radius 1 is 1.05 bits per heavy atom. The van der Waals surface area contributed by atoms with Gasteiger partial charge in [0, 0.05) is 6.54 Å². The number of benzene rings is 1. The standard InChI is InChI=1S/C14H20F3NO2/c1-3-13(4-2,10-18)19-9-11-5-7-12(8-6-11)20-14(15,16)17/h5-8H,3-4,9-10,18H2,1-2H3. The van der Waals surface area contributed by atoms with Crippen LogP contribution >= 0.6 is 0 Å². The van der Waals surface area contributed by atoms with Crippen molar-refractivity contribution in [1.82, 2.24) is 0 Å². The number of hydrogen-bond donors (Lipinski definition) is 1. The molecule has 6 heteroatoms. The summed E-state index contributed by atoms with van der Waals surface area (Å²) < 4.78 is 45.7. The third-order valence-corrected chi connectivity index (χ3v) is 3.36. The molecule has 0 aliphatic carbocycles. The molecule has 114 valence electrons. The maximum atomic E-state index is 12.0. The van der Waals surface area contributed by atoms with Gasteiger partial charge in [0.25, 0.3) is 0 Å². The molecule has 0 unspecified atom stereocenters. The Morgan fingerprint density at radius 3 is 2.00 bits per heavy atom. The first-order chi connectivity index (χ1) is 9.34. The minimum absolute atomic E-state index is 0.239. The molecule has 0 aromatic heterocycles. The number of alkyl halides is 3. The van der Waals surface area contributed by atoms with Crippen LogP contribution in [0, 0.1) is 0 Å².